The Labute approximate surface area is 179 Å². The predicted molar refractivity (Wildman–Crippen MR) is 115 cm³/mol. The Bertz CT molecular complexity index is 1020. The van der Waals surface area contributed by atoms with Crippen LogP contribution in [-0.4, -0.2) is 47.9 Å². The van der Waals surface area contributed by atoms with Gasteiger partial charge in [0.2, 0.25) is 0 Å². The van der Waals surface area contributed by atoms with E-state index in [0.717, 1.165) is 0 Å². The number of fused-ring (bicyclic) bond motifs is 1. The number of hydrogen-bond donors (Lipinski definition) is 3. The molecule has 0 radical (unpaired) electrons. The van der Waals surface area contributed by atoms with Gasteiger partial charge in [-0.15, -0.1) is 0 Å². The first kappa shape index (κ1) is 20.3. The molecule has 31 heavy (non-hydrogen) atoms. The van der Waals surface area contributed by atoms with E-state index in [1.807, 2.05) is 42.5 Å². The van der Waals surface area contributed by atoms with Crippen LogP contribution in [0.5, 0.6) is 5.75 Å². The minimum Gasteiger partial charge on any atom is -0.488 e. The molecule has 9 nitrogen and oxygen atoms in total. The average Bonchev–Trinajstić information content (AvgIpc) is 2.78. The lowest BCUT2D eigenvalue weighted by Crippen LogP contribution is -2.41. The molecule has 2 aromatic rings. The molecule has 0 saturated heterocycles. The highest BCUT2D eigenvalue weighted by atomic mass is 16.5. The van der Waals surface area contributed by atoms with E-state index in [2.05, 4.69) is 15.6 Å². The molecule has 9 heteroatoms. The molecule has 0 bridgehead atoms. The van der Waals surface area contributed by atoms with Gasteiger partial charge in [0.15, 0.2) is 18.2 Å². The molecule has 0 saturated carbocycles. The summed E-state index contributed by atoms with van der Waals surface area (Å²) in [7, 11) is 0. The van der Waals surface area contributed by atoms with E-state index in [0.29, 0.717) is 48.4 Å². The fourth-order valence-corrected chi connectivity index (χ4v) is 3.30. The number of ether oxygens (including phenoxy) is 2. The fraction of sp³-hybridized carbons (Fsp3) is 0.227. The van der Waals surface area contributed by atoms with Gasteiger partial charge in [0.1, 0.15) is 18.2 Å². The third-order valence-electron chi connectivity index (χ3n) is 4.73. The number of benzene rings is 1. The van der Waals surface area contributed by atoms with Crippen molar-refractivity contribution in [1.29, 1.82) is 0 Å². The maximum absolute atomic E-state index is 12.8. The van der Waals surface area contributed by atoms with E-state index < -0.39 is 12.6 Å². The Kier molecular flexibility index (Phi) is 6.02. The third-order valence-corrected chi connectivity index (χ3v) is 4.73. The zero-order valence-corrected chi connectivity index (χ0v) is 16.7. The van der Waals surface area contributed by atoms with Crippen molar-refractivity contribution in [3.63, 3.8) is 0 Å². The first-order valence-corrected chi connectivity index (χ1v) is 9.85. The smallest absolute Gasteiger partial charge is 0.341 e. The molecule has 3 N–H and O–H groups in total. The molecule has 1 unspecified atom stereocenters. The lowest BCUT2D eigenvalue weighted by atomic mass is 10.1. The summed E-state index contributed by atoms with van der Waals surface area (Å²) in [6.45, 7) is 0.310. The zero-order chi connectivity index (χ0) is 21.6. The lowest BCUT2D eigenvalue weighted by molar-refractivity contribution is -0.140. The quantitative estimate of drug-likeness (QED) is 0.655. The van der Waals surface area contributed by atoms with E-state index in [1.54, 1.807) is 18.2 Å². The minimum atomic E-state index is -1.04. The van der Waals surface area contributed by atoms with Gasteiger partial charge in [-0.05, 0) is 36.8 Å². The number of carbonyl (C=O) groups is 2. The second-order valence-electron chi connectivity index (χ2n) is 6.93. The number of hydrogen-bond acceptors (Lipinski definition) is 6. The Morgan fingerprint density at radius 3 is 2.87 bits per heavy atom. The second kappa shape index (κ2) is 9.21. The van der Waals surface area contributed by atoms with Crippen molar-refractivity contribution in [1.82, 2.24) is 4.98 Å². The summed E-state index contributed by atoms with van der Waals surface area (Å²) >= 11 is 0. The van der Waals surface area contributed by atoms with Crippen LogP contribution in [0.25, 0.3) is 0 Å². The highest BCUT2D eigenvalue weighted by Crippen LogP contribution is 2.32. The summed E-state index contributed by atoms with van der Waals surface area (Å²) < 4.78 is 11.0. The molecule has 1 atom stereocenters. The van der Waals surface area contributed by atoms with Gasteiger partial charge < -0.3 is 25.2 Å². The number of nitrogens with one attached hydrogen (secondary N) is 2. The van der Waals surface area contributed by atoms with Gasteiger partial charge in [-0.25, -0.2) is 14.6 Å². The molecule has 1 aliphatic carbocycles. The number of carboxylic acid groups (broad SMARTS) is 1. The van der Waals surface area contributed by atoms with E-state index in [9.17, 15) is 9.59 Å². The summed E-state index contributed by atoms with van der Waals surface area (Å²) in [5.41, 5.74) is 0.689. The Hall–Kier alpha value is -4.01. The molecule has 160 valence electrons. The number of para-hydroxylation sites is 1. The maximum Gasteiger partial charge on any atom is 0.341 e. The number of carbonyl (C=O) groups excluding carboxylic acids is 1. The number of rotatable bonds is 6. The lowest BCUT2D eigenvalue weighted by Gasteiger charge is -2.29. The predicted octanol–water partition coefficient (Wildman–Crippen LogP) is 3.24. The molecular weight excluding hydrogens is 400 g/mol. The van der Waals surface area contributed by atoms with Gasteiger partial charge in [0, 0.05) is 5.69 Å². The molecular formula is C22H22N4O5. The van der Waals surface area contributed by atoms with Gasteiger partial charge in [0.05, 0.1) is 12.6 Å². The van der Waals surface area contributed by atoms with Crippen LogP contribution in [0.2, 0.25) is 0 Å². The Morgan fingerprint density at radius 1 is 1.23 bits per heavy atom. The number of anilines is 3. The number of pyridine rings is 1. The largest absolute Gasteiger partial charge is 0.488 e. The molecule has 1 aliphatic heterocycles. The summed E-state index contributed by atoms with van der Waals surface area (Å²) in [4.78, 5) is 29.8. The first-order valence-electron chi connectivity index (χ1n) is 9.85. The minimum absolute atomic E-state index is 0.272. The van der Waals surface area contributed by atoms with Crippen LogP contribution in [0.15, 0.2) is 66.5 Å². The summed E-state index contributed by atoms with van der Waals surface area (Å²) in [6, 6.07) is 12.1. The first-order chi connectivity index (χ1) is 15.1. The van der Waals surface area contributed by atoms with Gasteiger partial charge in [-0.3, -0.25) is 4.90 Å². The number of nitrogens with zero attached hydrogens (tertiary/aromatic N) is 2. The number of aromatic nitrogens is 1. The Morgan fingerprint density at radius 2 is 2.06 bits per heavy atom. The standard InChI is InChI=1S/C22H22N4O5/c27-20(28)14-31-17-9-5-4-8-16(17)24-19-11-10-18-21(25-19)26(12-13-30-18)22(29)23-15-6-2-1-3-7-15/h1-7,9-11,16H,8,12-14H2,(H,23,29)(H,24,25)(H,27,28). The van der Waals surface area contributed by atoms with Crippen molar-refractivity contribution in [2.75, 3.05) is 35.3 Å². The average molecular weight is 422 g/mol. The van der Waals surface area contributed by atoms with Crippen molar-refractivity contribution >= 4 is 29.3 Å². The third kappa shape index (κ3) is 4.95. The maximum atomic E-state index is 12.8. The van der Waals surface area contributed by atoms with Crippen molar-refractivity contribution in [2.45, 2.75) is 12.5 Å². The van der Waals surface area contributed by atoms with Gasteiger partial charge in [-0.2, -0.15) is 0 Å². The van der Waals surface area contributed by atoms with Crippen molar-refractivity contribution < 1.29 is 24.2 Å². The highest BCUT2D eigenvalue weighted by Gasteiger charge is 2.27. The monoisotopic (exact) mass is 422 g/mol. The van der Waals surface area contributed by atoms with Crippen LogP contribution in [0, 0.1) is 0 Å². The molecule has 0 spiro atoms. The van der Waals surface area contributed by atoms with E-state index in [4.69, 9.17) is 14.6 Å². The van der Waals surface area contributed by atoms with Gasteiger partial charge in [0.25, 0.3) is 0 Å². The van der Waals surface area contributed by atoms with Crippen LogP contribution in [0.3, 0.4) is 0 Å². The van der Waals surface area contributed by atoms with Crippen molar-refractivity contribution in [3.8, 4) is 5.75 Å². The normalized spacial score (nSPS) is 17.1. The second-order valence-corrected chi connectivity index (χ2v) is 6.93. The van der Waals surface area contributed by atoms with E-state index >= 15 is 0 Å². The molecule has 4 rings (SSSR count). The molecule has 2 amide bonds. The van der Waals surface area contributed by atoms with Crippen LogP contribution >= 0.6 is 0 Å². The van der Waals surface area contributed by atoms with Crippen molar-refractivity contribution in [3.05, 3.63) is 66.5 Å². The summed E-state index contributed by atoms with van der Waals surface area (Å²) in [5, 5.41) is 15.0. The molecule has 1 aromatic carbocycles. The van der Waals surface area contributed by atoms with E-state index in [1.165, 1.54) is 4.90 Å². The molecule has 2 heterocycles. The number of urea groups is 1. The fourth-order valence-electron chi connectivity index (χ4n) is 3.30. The summed E-state index contributed by atoms with van der Waals surface area (Å²) in [6.07, 6.45) is 6.11. The highest BCUT2D eigenvalue weighted by molar-refractivity contribution is 6.02. The van der Waals surface area contributed by atoms with Crippen LogP contribution in [0.4, 0.5) is 22.1 Å². The van der Waals surface area contributed by atoms with Crippen LogP contribution in [0.1, 0.15) is 6.42 Å². The van der Waals surface area contributed by atoms with Crippen molar-refractivity contribution in [2.24, 2.45) is 0 Å². The van der Waals surface area contributed by atoms with Gasteiger partial charge in [-0.1, -0.05) is 30.4 Å². The zero-order valence-electron chi connectivity index (χ0n) is 16.7. The molecule has 0 fully saturated rings. The Balaban J connectivity index is 1.51. The number of aliphatic carboxylic acids is 1. The SMILES string of the molecule is O=C(O)COC1=CC=CCC1Nc1ccc2c(n1)N(C(=O)Nc1ccccc1)CCO2. The van der Waals surface area contributed by atoms with Crippen LogP contribution < -0.4 is 20.3 Å². The van der Waals surface area contributed by atoms with Gasteiger partial charge >= 0.3 is 12.0 Å². The van der Waals surface area contributed by atoms with E-state index in [-0.39, 0.29) is 12.1 Å². The number of amides is 2. The van der Waals surface area contributed by atoms with Crippen LogP contribution in [-0.2, 0) is 9.53 Å². The molecule has 1 aromatic heterocycles. The topological polar surface area (TPSA) is 113 Å². The molecule has 2 aliphatic rings. The number of allylic oxidation sites excluding steroid dienone is 2. The summed E-state index contributed by atoms with van der Waals surface area (Å²) in [5.74, 6) is 0.916. The number of carboxylic acids is 1.